The number of nitrogens with zero attached hydrogens (tertiary/aromatic N) is 2. The largest absolute Gasteiger partial charge is 0.490 e. The maximum Gasteiger partial charge on any atom is 0.159 e. The van der Waals surface area contributed by atoms with E-state index < -0.39 is 0 Å². The van der Waals surface area contributed by atoms with E-state index in [1.807, 2.05) is 0 Å². The van der Waals surface area contributed by atoms with Crippen LogP contribution in [-0.4, -0.2) is 16.6 Å². The van der Waals surface area contributed by atoms with Crippen LogP contribution in [0.1, 0.15) is 129 Å². The second kappa shape index (κ2) is 20.2. The van der Waals surface area contributed by atoms with Crippen molar-refractivity contribution < 1.29 is 4.74 Å². The first-order valence-corrected chi connectivity index (χ1v) is 16.4. The maximum absolute atomic E-state index is 5.88. The molecule has 0 saturated carbocycles. The normalized spacial score (nSPS) is 11.2. The third kappa shape index (κ3) is 12.7. The van der Waals surface area contributed by atoms with Crippen LogP contribution in [0.3, 0.4) is 0 Å². The minimum Gasteiger partial charge on any atom is -0.490 e. The molecule has 0 N–H and O–H groups in total. The first kappa shape index (κ1) is 31.8. The van der Waals surface area contributed by atoms with E-state index in [2.05, 4.69) is 72.3 Å². The number of rotatable bonds is 22. The molecule has 1 heterocycles. The van der Waals surface area contributed by atoms with Gasteiger partial charge in [0.25, 0.3) is 0 Å². The first-order valence-electron chi connectivity index (χ1n) is 16.4. The highest BCUT2D eigenvalue weighted by atomic mass is 16.5. The van der Waals surface area contributed by atoms with Gasteiger partial charge >= 0.3 is 0 Å². The molecule has 3 aromatic rings. The molecular formula is C37H54N2O. The summed E-state index contributed by atoms with van der Waals surface area (Å²) < 4.78 is 5.88. The summed E-state index contributed by atoms with van der Waals surface area (Å²) in [4.78, 5) is 9.11. The quantitative estimate of drug-likeness (QED) is 0.118. The average Bonchev–Trinajstić information content (AvgIpc) is 3.00. The summed E-state index contributed by atoms with van der Waals surface area (Å²) in [5.74, 6) is 1.50. The summed E-state index contributed by atoms with van der Waals surface area (Å²) in [5, 5.41) is 0. The molecular weight excluding hydrogens is 488 g/mol. The Balaban J connectivity index is 1.33. The fourth-order valence-electron chi connectivity index (χ4n) is 5.28. The number of unbranched alkanes of at least 4 members (excludes halogenated alkanes) is 15. The fourth-order valence-corrected chi connectivity index (χ4v) is 5.28. The molecule has 0 atom stereocenters. The third-order valence-corrected chi connectivity index (χ3v) is 7.89. The molecule has 40 heavy (non-hydrogen) atoms. The van der Waals surface area contributed by atoms with E-state index in [4.69, 9.17) is 4.74 Å². The van der Waals surface area contributed by atoms with E-state index in [0.717, 1.165) is 30.2 Å². The molecule has 0 unspecified atom stereocenters. The zero-order valence-corrected chi connectivity index (χ0v) is 25.5. The monoisotopic (exact) mass is 542 g/mol. The van der Waals surface area contributed by atoms with Crippen LogP contribution in [0.15, 0.2) is 60.9 Å². The molecule has 218 valence electrons. The average molecular weight is 543 g/mol. The van der Waals surface area contributed by atoms with Gasteiger partial charge in [-0.15, -0.1) is 0 Å². The van der Waals surface area contributed by atoms with Crippen LogP contribution in [0.2, 0.25) is 0 Å². The second-order valence-electron chi connectivity index (χ2n) is 11.4. The van der Waals surface area contributed by atoms with Gasteiger partial charge in [-0.05, 0) is 36.0 Å². The summed E-state index contributed by atoms with van der Waals surface area (Å²) >= 11 is 0. The van der Waals surface area contributed by atoms with E-state index in [-0.39, 0.29) is 0 Å². The molecule has 0 spiro atoms. The SMILES string of the molecule is CCCCCCCCCCCCOc1cnc(-c2ccc(-c3ccc(CCCCCCCCC)cc3)cc2)nc1. The van der Waals surface area contributed by atoms with Gasteiger partial charge in [-0.1, -0.05) is 159 Å². The van der Waals surface area contributed by atoms with Gasteiger partial charge in [0, 0.05) is 5.56 Å². The minimum absolute atomic E-state index is 0.739. The topological polar surface area (TPSA) is 35.0 Å². The van der Waals surface area contributed by atoms with Crippen molar-refractivity contribution in [3.8, 4) is 28.3 Å². The summed E-state index contributed by atoms with van der Waals surface area (Å²) in [7, 11) is 0. The van der Waals surface area contributed by atoms with Crippen LogP contribution in [-0.2, 0) is 6.42 Å². The Morgan fingerprint density at radius 1 is 0.475 bits per heavy atom. The van der Waals surface area contributed by atoms with Crippen LogP contribution in [0.4, 0.5) is 0 Å². The first-order chi connectivity index (χ1) is 19.8. The number of benzene rings is 2. The highest BCUT2D eigenvalue weighted by Gasteiger charge is 2.05. The van der Waals surface area contributed by atoms with Crippen LogP contribution in [0, 0.1) is 0 Å². The van der Waals surface area contributed by atoms with Crippen molar-refractivity contribution in [2.45, 2.75) is 129 Å². The lowest BCUT2D eigenvalue weighted by molar-refractivity contribution is 0.302. The molecule has 0 aliphatic heterocycles. The van der Waals surface area contributed by atoms with Gasteiger partial charge in [-0.2, -0.15) is 0 Å². The van der Waals surface area contributed by atoms with E-state index in [0.29, 0.717) is 0 Å². The maximum atomic E-state index is 5.88. The summed E-state index contributed by atoms with van der Waals surface area (Å²) in [6.45, 7) is 5.30. The number of aromatic nitrogens is 2. The lowest BCUT2D eigenvalue weighted by atomic mass is 10.00. The highest BCUT2D eigenvalue weighted by molar-refractivity contribution is 5.67. The van der Waals surface area contributed by atoms with Crippen molar-refractivity contribution in [2.24, 2.45) is 0 Å². The Bertz CT molecular complexity index is 1010. The number of ether oxygens (including phenoxy) is 1. The molecule has 3 heteroatoms. The molecule has 0 aliphatic carbocycles. The molecule has 0 aliphatic rings. The van der Waals surface area contributed by atoms with Crippen molar-refractivity contribution >= 4 is 0 Å². The Kier molecular flexibility index (Phi) is 16.1. The van der Waals surface area contributed by atoms with Gasteiger partial charge in [-0.3, -0.25) is 0 Å². The molecule has 3 nitrogen and oxygen atoms in total. The zero-order chi connectivity index (χ0) is 28.1. The van der Waals surface area contributed by atoms with Gasteiger partial charge in [0.2, 0.25) is 0 Å². The van der Waals surface area contributed by atoms with Crippen molar-refractivity contribution in [3.63, 3.8) is 0 Å². The Morgan fingerprint density at radius 2 is 0.900 bits per heavy atom. The Hall–Kier alpha value is -2.68. The molecule has 0 fully saturated rings. The van der Waals surface area contributed by atoms with Crippen molar-refractivity contribution in [1.82, 2.24) is 9.97 Å². The van der Waals surface area contributed by atoms with Gasteiger partial charge in [0.05, 0.1) is 19.0 Å². The Labute approximate surface area is 245 Å². The van der Waals surface area contributed by atoms with Crippen LogP contribution >= 0.6 is 0 Å². The van der Waals surface area contributed by atoms with E-state index >= 15 is 0 Å². The van der Waals surface area contributed by atoms with E-state index in [1.165, 1.54) is 126 Å². The number of hydrogen-bond donors (Lipinski definition) is 0. The predicted molar refractivity (Wildman–Crippen MR) is 172 cm³/mol. The lowest BCUT2D eigenvalue weighted by Gasteiger charge is -2.08. The van der Waals surface area contributed by atoms with Gasteiger partial charge in [0.15, 0.2) is 11.6 Å². The fraction of sp³-hybridized carbons (Fsp3) is 0.568. The van der Waals surface area contributed by atoms with Crippen LogP contribution in [0.5, 0.6) is 5.75 Å². The highest BCUT2D eigenvalue weighted by Crippen LogP contribution is 2.24. The predicted octanol–water partition coefficient (Wildman–Crippen LogP) is 11.4. The second-order valence-corrected chi connectivity index (χ2v) is 11.4. The van der Waals surface area contributed by atoms with Crippen LogP contribution in [0.25, 0.3) is 22.5 Å². The lowest BCUT2D eigenvalue weighted by Crippen LogP contribution is -1.99. The van der Waals surface area contributed by atoms with Crippen molar-refractivity contribution in [3.05, 3.63) is 66.5 Å². The van der Waals surface area contributed by atoms with Gasteiger partial charge in [-0.25, -0.2) is 9.97 Å². The smallest absolute Gasteiger partial charge is 0.159 e. The molecule has 0 saturated heterocycles. The minimum atomic E-state index is 0.739. The zero-order valence-electron chi connectivity index (χ0n) is 25.5. The molecule has 3 rings (SSSR count). The van der Waals surface area contributed by atoms with Gasteiger partial charge in [0.1, 0.15) is 0 Å². The number of aryl methyl sites for hydroxylation is 1. The number of hydrogen-bond acceptors (Lipinski definition) is 3. The summed E-state index contributed by atoms with van der Waals surface area (Å²) in [6.07, 6.45) is 27.6. The molecule has 0 radical (unpaired) electrons. The molecule has 0 bridgehead atoms. The summed E-state index contributed by atoms with van der Waals surface area (Å²) in [6, 6.07) is 17.6. The third-order valence-electron chi connectivity index (χ3n) is 7.89. The van der Waals surface area contributed by atoms with Crippen molar-refractivity contribution in [2.75, 3.05) is 6.61 Å². The standard InChI is InChI=1S/C37H54N2O/c1-3-5-7-9-11-12-13-15-17-19-29-40-36-30-38-37(39-31-36)35-27-25-34(26-28-35)33-23-21-32(22-24-33)20-18-16-14-10-8-6-4-2/h21-28,30-31H,3-20,29H2,1-2H3. The van der Waals surface area contributed by atoms with Gasteiger partial charge < -0.3 is 4.74 Å². The molecule has 0 amide bonds. The van der Waals surface area contributed by atoms with E-state index in [9.17, 15) is 0 Å². The Morgan fingerprint density at radius 3 is 1.43 bits per heavy atom. The molecule has 2 aromatic carbocycles. The van der Waals surface area contributed by atoms with Crippen LogP contribution < -0.4 is 4.74 Å². The summed E-state index contributed by atoms with van der Waals surface area (Å²) in [5.41, 5.74) is 4.95. The van der Waals surface area contributed by atoms with Crippen molar-refractivity contribution in [1.29, 1.82) is 0 Å². The van der Waals surface area contributed by atoms with E-state index in [1.54, 1.807) is 12.4 Å². The molecule has 1 aromatic heterocycles.